The van der Waals surface area contributed by atoms with Gasteiger partial charge in [0.25, 0.3) is 11.4 Å². The lowest BCUT2D eigenvalue weighted by Crippen LogP contribution is -2.28. The molecule has 1 aliphatic heterocycles. The van der Waals surface area contributed by atoms with E-state index in [0.717, 1.165) is 23.9 Å². The van der Waals surface area contributed by atoms with Gasteiger partial charge in [0.1, 0.15) is 23.6 Å². The Bertz CT molecular complexity index is 1320. The van der Waals surface area contributed by atoms with Gasteiger partial charge >= 0.3 is 0 Å². The Hall–Kier alpha value is -3.04. The molecule has 1 saturated heterocycles. The predicted octanol–water partition coefficient (Wildman–Crippen LogP) is 3.54. The Kier molecular flexibility index (Phi) is 4.67. The third kappa shape index (κ3) is 3.24. The van der Waals surface area contributed by atoms with Crippen LogP contribution in [0.3, 0.4) is 0 Å². The third-order valence-electron chi connectivity index (χ3n) is 5.84. The largest absolute Gasteiger partial charge is 0.383 e. The van der Waals surface area contributed by atoms with E-state index in [2.05, 4.69) is 15.1 Å². The molecule has 1 fully saturated rings. The Morgan fingerprint density at radius 3 is 2.77 bits per heavy atom. The van der Waals surface area contributed by atoms with E-state index in [4.69, 9.17) is 14.0 Å². The molecule has 0 aliphatic carbocycles. The minimum atomic E-state index is -0.246. The summed E-state index contributed by atoms with van der Waals surface area (Å²) in [5, 5.41) is 4.12. The number of aromatic nitrogens is 5. The van der Waals surface area contributed by atoms with Crippen molar-refractivity contribution in [1.82, 2.24) is 24.1 Å². The van der Waals surface area contributed by atoms with Crippen LogP contribution >= 0.6 is 0 Å². The summed E-state index contributed by atoms with van der Waals surface area (Å²) >= 11 is 0. The lowest BCUT2D eigenvalue weighted by Gasteiger charge is -2.18. The van der Waals surface area contributed by atoms with Crippen molar-refractivity contribution in [2.24, 2.45) is 0 Å². The summed E-state index contributed by atoms with van der Waals surface area (Å²) in [6, 6.07) is 7.57. The molecule has 0 N–H and O–H groups in total. The summed E-state index contributed by atoms with van der Waals surface area (Å²) in [6.45, 7) is 6.45. The van der Waals surface area contributed by atoms with Gasteiger partial charge in [-0.3, -0.25) is 13.8 Å². The number of methoxy groups -OCH3 is 1. The van der Waals surface area contributed by atoms with Gasteiger partial charge in [0.05, 0.1) is 29.3 Å². The summed E-state index contributed by atoms with van der Waals surface area (Å²) in [5.41, 5.74) is 2.07. The first-order valence-corrected chi connectivity index (χ1v) is 10.4. The predicted molar refractivity (Wildman–Crippen MR) is 114 cm³/mol. The van der Waals surface area contributed by atoms with Crippen molar-refractivity contribution in [3.05, 3.63) is 46.8 Å². The van der Waals surface area contributed by atoms with Gasteiger partial charge in [-0.25, -0.2) is 4.98 Å². The van der Waals surface area contributed by atoms with Crippen molar-refractivity contribution in [2.45, 2.75) is 51.4 Å². The van der Waals surface area contributed by atoms with Crippen molar-refractivity contribution in [3.63, 3.8) is 0 Å². The molecule has 4 heterocycles. The average molecular weight is 423 g/mol. The van der Waals surface area contributed by atoms with Crippen LogP contribution in [0.15, 0.2) is 39.9 Å². The minimum absolute atomic E-state index is 0.162. The summed E-state index contributed by atoms with van der Waals surface area (Å²) in [4.78, 5) is 22.6. The van der Waals surface area contributed by atoms with Crippen molar-refractivity contribution in [2.75, 3.05) is 13.7 Å². The van der Waals surface area contributed by atoms with E-state index in [9.17, 15) is 4.79 Å². The summed E-state index contributed by atoms with van der Waals surface area (Å²) in [6.07, 6.45) is 3.11. The molecule has 2 unspecified atom stereocenters. The van der Waals surface area contributed by atoms with Gasteiger partial charge in [-0.05, 0) is 45.7 Å². The number of rotatable bonds is 5. The highest BCUT2D eigenvalue weighted by Crippen LogP contribution is 2.38. The normalized spacial score (nSPS) is 19.4. The van der Waals surface area contributed by atoms with Crippen molar-refractivity contribution in [1.29, 1.82) is 0 Å². The highest BCUT2D eigenvalue weighted by molar-refractivity contribution is 5.83. The Morgan fingerprint density at radius 1 is 1.29 bits per heavy atom. The van der Waals surface area contributed by atoms with Crippen molar-refractivity contribution < 1.29 is 14.0 Å². The standard InChI is InChI=1S/C22H25N5O4/c1-13(11-29-4)27-15-8-6-5-7-14(15)26-12-23-17(18(26)21(27)28)19-24-20(31-25-19)16-9-10-22(2,3)30-16/h5-8,12-13,16H,9-11H2,1-4H3. The number of benzene rings is 1. The van der Waals surface area contributed by atoms with Crippen LogP contribution in [0.5, 0.6) is 0 Å². The van der Waals surface area contributed by atoms with Crippen molar-refractivity contribution >= 4 is 16.6 Å². The molecule has 31 heavy (non-hydrogen) atoms. The van der Waals surface area contributed by atoms with Crippen LogP contribution in [-0.2, 0) is 9.47 Å². The number of para-hydroxylation sites is 2. The first-order chi connectivity index (χ1) is 14.9. The number of ether oxygens (including phenoxy) is 2. The zero-order chi connectivity index (χ0) is 21.8. The van der Waals surface area contributed by atoms with E-state index in [1.807, 2.05) is 45.0 Å². The maximum atomic E-state index is 13.6. The number of nitrogens with zero attached hydrogens (tertiary/aromatic N) is 5. The van der Waals surface area contributed by atoms with E-state index in [0.29, 0.717) is 23.7 Å². The van der Waals surface area contributed by atoms with Gasteiger partial charge in [-0.15, -0.1) is 0 Å². The Morgan fingerprint density at radius 2 is 2.06 bits per heavy atom. The van der Waals surface area contributed by atoms with Crippen LogP contribution < -0.4 is 5.56 Å². The molecule has 0 saturated carbocycles. The summed E-state index contributed by atoms with van der Waals surface area (Å²) < 4.78 is 20.3. The molecular weight excluding hydrogens is 398 g/mol. The lowest BCUT2D eigenvalue weighted by atomic mass is 10.1. The van der Waals surface area contributed by atoms with Crippen LogP contribution in [0.4, 0.5) is 0 Å². The second-order valence-electron chi connectivity index (χ2n) is 8.64. The molecule has 9 heteroatoms. The fourth-order valence-electron chi connectivity index (χ4n) is 4.37. The van der Waals surface area contributed by atoms with Crippen LogP contribution in [-0.4, -0.2) is 43.4 Å². The summed E-state index contributed by atoms with van der Waals surface area (Å²) in [7, 11) is 1.62. The summed E-state index contributed by atoms with van der Waals surface area (Å²) in [5.74, 6) is 0.694. The first kappa shape index (κ1) is 19.9. The number of hydrogen-bond donors (Lipinski definition) is 0. The van der Waals surface area contributed by atoms with Gasteiger partial charge in [0.2, 0.25) is 5.82 Å². The average Bonchev–Trinajstić information content (AvgIpc) is 3.46. The molecule has 2 atom stereocenters. The number of hydrogen-bond acceptors (Lipinski definition) is 7. The molecule has 0 bridgehead atoms. The molecule has 5 rings (SSSR count). The van der Waals surface area contributed by atoms with Crippen molar-refractivity contribution in [3.8, 4) is 11.5 Å². The molecule has 1 aliphatic rings. The highest BCUT2D eigenvalue weighted by atomic mass is 16.5. The van der Waals surface area contributed by atoms with Crippen LogP contribution in [0, 0.1) is 0 Å². The minimum Gasteiger partial charge on any atom is -0.383 e. The topological polar surface area (TPSA) is 96.7 Å². The van der Waals surface area contributed by atoms with Gasteiger partial charge in [-0.1, -0.05) is 17.3 Å². The van der Waals surface area contributed by atoms with E-state index in [1.165, 1.54) is 0 Å². The monoisotopic (exact) mass is 423 g/mol. The molecular formula is C22H25N5O4. The molecule has 162 valence electrons. The Labute approximate surface area is 178 Å². The van der Waals surface area contributed by atoms with Crippen LogP contribution in [0.25, 0.3) is 28.1 Å². The smallest absolute Gasteiger partial charge is 0.278 e. The molecule has 0 spiro atoms. The van der Waals surface area contributed by atoms with Gasteiger partial charge in [0, 0.05) is 7.11 Å². The number of imidazole rings is 1. The second-order valence-corrected chi connectivity index (χ2v) is 8.64. The highest BCUT2D eigenvalue weighted by Gasteiger charge is 2.36. The van der Waals surface area contributed by atoms with E-state index < -0.39 is 0 Å². The quantitative estimate of drug-likeness (QED) is 0.484. The van der Waals surface area contributed by atoms with Gasteiger partial charge < -0.3 is 14.0 Å². The van der Waals surface area contributed by atoms with Crippen LogP contribution in [0.2, 0.25) is 0 Å². The van der Waals surface area contributed by atoms with E-state index >= 15 is 0 Å². The number of fused-ring (bicyclic) bond motifs is 3. The fraction of sp³-hybridized carbons (Fsp3) is 0.455. The van der Waals surface area contributed by atoms with Gasteiger partial charge in [-0.2, -0.15) is 4.98 Å². The van der Waals surface area contributed by atoms with Crippen LogP contribution in [0.1, 0.15) is 51.6 Å². The maximum Gasteiger partial charge on any atom is 0.278 e. The molecule has 3 aromatic heterocycles. The van der Waals surface area contributed by atoms with E-state index in [-0.39, 0.29) is 29.1 Å². The van der Waals surface area contributed by atoms with Gasteiger partial charge in [0.15, 0.2) is 0 Å². The molecule has 1 aromatic carbocycles. The second kappa shape index (κ2) is 7.28. The maximum absolute atomic E-state index is 13.6. The third-order valence-corrected chi connectivity index (χ3v) is 5.84. The molecule has 4 aromatic rings. The van der Waals surface area contributed by atoms with E-state index in [1.54, 1.807) is 22.4 Å². The first-order valence-electron chi connectivity index (χ1n) is 10.4. The lowest BCUT2D eigenvalue weighted by molar-refractivity contribution is -0.0292. The SMILES string of the molecule is COCC(C)n1c(=O)c2c(-c3noc(C4CCC(C)(C)O4)n3)ncn2c2ccccc21. The zero-order valence-corrected chi connectivity index (χ0v) is 18.0. The fourth-order valence-corrected chi connectivity index (χ4v) is 4.37. The molecule has 9 nitrogen and oxygen atoms in total. The molecule has 0 radical (unpaired) electrons. The Balaban J connectivity index is 1.67. The molecule has 0 amide bonds. The zero-order valence-electron chi connectivity index (χ0n) is 18.0.